The second-order valence-electron chi connectivity index (χ2n) is 10.6. The molecular formula is C31H28F6N4O2. The van der Waals surface area contributed by atoms with Gasteiger partial charge in [-0.15, -0.1) is 0 Å². The average Bonchev–Trinajstić information content (AvgIpc) is 3.35. The van der Waals surface area contributed by atoms with E-state index in [0.29, 0.717) is 43.9 Å². The Morgan fingerprint density at radius 2 is 1.56 bits per heavy atom. The number of halogens is 6. The number of fused-ring (bicyclic) bond motifs is 1. The van der Waals surface area contributed by atoms with Crippen molar-refractivity contribution in [1.29, 1.82) is 0 Å². The predicted octanol–water partition coefficient (Wildman–Crippen LogP) is 6.73. The molecule has 2 heterocycles. The first-order valence-electron chi connectivity index (χ1n) is 13.5. The molecule has 1 aliphatic heterocycles. The van der Waals surface area contributed by atoms with Gasteiger partial charge in [0.1, 0.15) is 0 Å². The second kappa shape index (κ2) is 11.8. The van der Waals surface area contributed by atoms with Gasteiger partial charge in [0.2, 0.25) is 5.91 Å². The molecule has 4 aromatic rings. The molecule has 1 fully saturated rings. The zero-order chi connectivity index (χ0) is 30.9. The van der Waals surface area contributed by atoms with Crippen LogP contribution < -0.4 is 5.32 Å². The lowest BCUT2D eigenvalue weighted by atomic mass is 9.98. The fourth-order valence-electron chi connectivity index (χ4n) is 5.46. The molecule has 1 saturated heterocycles. The molecule has 1 aliphatic rings. The van der Waals surface area contributed by atoms with E-state index in [1.807, 2.05) is 36.4 Å². The van der Waals surface area contributed by atoms with Crippen molar-refractivity contribution in [3.05, 3.63) is 101 Å². The summed E-state index contributed by atoms with van der Waals surface area (Å²) in [5, 5.41) is 3.62. The molecule has 6 nitrogen and oxygen atoms in total. The maximum atomic E-state index is 13.7. The number of aromatic nitrogens is 1. The van der Waals surface area contributed by atoms with Crippen molar-refractivity contribution >= 4 is 28.4 Å². The number of rotatable bonds is 6. The Kier molecular flexibility index (Phi) is 8.24. The molecule has 3 aromatic carbocycles. The molecule has 5 rings (SSSR count). The van der Waals surface area contributed by atoms with Gasteiger partial charge in [0.05, 0.1) is 11.1 Å². The molecule has 0 unspecified atom stereocenters. The van der Waals surface area contributed by atoms with E-state index in [1.165, 1.54) is 11.8 Å². The summed E-state index contributed by atoms with van der Waals surface area (Å²) in [6.07, 6.45) is -7.99. The first kappa shape index (κ1) is 30.1. The summed E-state index contributed by atoms with van der Waals surface area (Å²) in [5.41, 5.74) is -0.390. The van der Waals surface area contributed by atoms with E-state index >= 15 is 0 Å². The van der Waals surface area contributed by atoms with Crippen LogP contribution in [0.25, 0.3) is 10.9 Å². The number of amides is 2. The molecule has 226 valence electrons. The highest BCUT2D eigenvalue weighted by atomic mass is 19.4. The molecule has 0 aliphatic carbocycles. The van der Waals surface area contributed by atoms with Gasteiger partial charge >= 0.3 is 12.4 Å². The topological polar surface area (TPSA) is 68.4 Å². The SMILES string of the molecule is CC(=O)Nc1ccc(CN2CCN(C(=O)c3cc(C(F)(F)F)cc(C(F)(F)F)c3)[C@H](Cc3c[nH]c4ccccc34)C2)cc1. The number of nitrogens with one attached hydrogen (secondary N) is 2. The molecule has 2 N–H and O–H groups in total. The molecule has 43 heavy (non-hydrogen) atoms. The number of aromatic amines is 1. The summed E-state index contributed by atoms with van der Waals surface area (Å²) in [5.74, 6) is -1.09. The molecule has 1 atom stereocenters. The van der Waals surface area contributed by atoms with Gasteiger partial charge in [-0.3, -0.25) is 14.5 Å². The number of para-hydroxylation sites is 1. The number of hydrogen-bond acceptors (Lipinski definition) is 3. The van der Waals surface area contributed by atoms with Gasteiger partial charge in [-0.05, 0) is 53.9 Å². The molecule has 0 bridgehead atoms. The van der Waals surface area contributed by atoms with E-state index in [1.54, 1.807) is 18.3 Å². The van der Waals surface area contributed by atoms with E-state index in [9.17, 15) is 35.9 Å². The van der Waals surface area contributed by atoms with Crippen molar-refractivity contribution in [3.63, 3.8) is 0 Å². The summed E-state index contributed by atoms with van der Waals surface area (Å²) in [7, 11) is 0. The molecule has 0 saturated carbocycles. The van der Waals surface area contributed by atoms with Crippen LogP contribution in [0.15, 0.2) is 72.9 Å². The van der Waals surface area contributed by atoms with Gasteiger partial charge in [0.25, 0.3) is 5.91 Å². The van der Waals surface area contributed by atoms with Crippen molar-refractivity contribution in [2.45, 2.75) is 38.3 Å². The lowest BCUT2D eigenvalue weighted by Gasteiger charge is -2.42. The van der Waals surface area contributed by atoms with Crippen LogP contribution in [0, 0.1) is 0 Å². The van der Waals surface area contributed by atoms with Crippen LogP contribution in [0.5, 0.6) is 0 Å². The first-order chi connectivity index (χ1) is 20.3. The lowest BCUT2D eigenvalue weighted by molar-refractivity contribution is -0.143. The molecule has 0 spiro atoms. The van der Waals surface area contributed by atoms with E-state index in [0.717, 1.165) is 22.0 Å². The van der Waals surface area contributed by atoms with Crippen LogP contribution in [-0.4, -0.2) is 52.3 Å². The summed E-state index contributed by atoms with van der Waals surface area (Å²) < 4.78 is 81.2. The van der Waals surface area contributed by atoms with Crippen LogP contribution in [-0.2, 0) is 30.1 Å². The Bertz CT molecular complexity index is 1600. The van der Waals surface area contributed by atoms with Gasteiger partial charge in [0, 0.05) is 67.5 Å². The van der Waals surface area contributed by atoms with Crippen LogP contribution in [0.1, 0.15) is 39.5 Å². The lowest BCUT2D eigenvalue weighted by Crippen LogP contribution is -2.55. The molecule has 1 aromatic heterocycles. The Morgan fingerprint density at radius 3 is 2.19 bits per heavy atom. The van der Waals surface area contributed by atoms with E-state index in [4.69, 9.17) is 0 Å². The second-order valence-corrected chi connectivity index (χ2v) is 10.6. The molecule has 0 radical (unpaired) electrons. The van der Waals surface area contributed by atoms with E-state index in [2.05, 4.69) is 15.2 Å². The fourth-order valence-corrected chi connectivity index (χ4v) is 5.46. The number of anilines is 1. The summed E-state index contributed by atoms with van der Waals surface area (Å²) in [6, 6.07) is 15.2. The van der Waals surface area contributed by atoms with E-state index in [-0.39, 0.29) is 18.5 Å². The molecular weight excluding hydrogens is 574 g/mol. The van der Waals surface area contributed by atoms with Crippen molar-refractivity contribution in [2.75, 3.05) is 25.0 Å². The largest absolute Gasteiger partial charge is 0.416 e. The van der Waals surface area contributed by atoms with Crippen LogP contribution in [0.4, 0.5) is 32.0 Å². The van der Waals surface area contributed by atoms with Crippen molar-refractivity contribution in [2.24, 2.45) is 0 Å². The highest BCUT2D eigenvalue weighted by molar-refractivity contribution is 5.95. The quantitative estimate of drug-likeness (QED) is 0.241. The first-order valence-corrected chi connectivity index (χ1v) is 13.5. The van der Waals surface area contributed by atoms with Gasteiger partial charge in [0.15, 0.2) is 0 Å². The minimum atomic E-state index is -5.06. The Hall–Kier alpha value is -4.32. The van der Waals surface area contributed by atoms with Gasteiger partial charge in [-0.1, -0.05) is 30.3 Å². The number of carbonyl (C=O) groups is 2. The van der Waals surface area contributed by atoms with Gasteiger partial charge < -0.3 is 15.2 Å². The third-order valence-corrected chi connectivity index (χ3v) is 7.47. The monoisotopic (exact) mass is 602 g/mol. The number of piperazine rings is 1. The van der Waals surface area contributed by atoms with Crippen LogP contribution in [0.2, 0.25) is 0 Å². The Labute approximate surface area is 243 Å². The maximum absolute atomic E-state index is 13.7. The minimum absolute atomic E-state index is 0.0232. The number of alkyl halides is 6. The summed E-state index contributed by atoms with van der Waals surface area (Å²) in [4.78, 5) is 31.6. The maximum Gasteiger partial charge on any atom is 0.416 e. The smallest absolute Gasteiger partial charge is 0.361 e. The molecule has 12 heteroatoms. The van der Waals surface area contributed by atoms with Crippen molar-refractivity contribution < 1.29 is 35.9 Å². The summed E-state index contributed by atoms with van der Waals surface area (Å²) >= 11 is 0. The third-order valence-electron chi connectivity index (χ3n) is 7.47. The van der Waals surface area contributed by atoms with E-state index < -0.39 is 41.0 Å². The third kappa shape index (κ3) is 7.02. The van der Waals surface area contributed by atoms with Crippen molar-refractivity contribution in [1.82, 2.24) is 14.8 Å². The number of benzene rings is 3. The van der Waals surface area contributed by atoms with Gasteiger partial charge in [-0.25, -0.2) is 0 Å². The fraction of sp³-hybridized carbons (Fsp3) is 0.290. The predicted molar refractivity (Wildman–Crippen MR) is 149 cm³/mol. The highest BCUT2D eigenvalue weighted by Crippen LogP contribution is 2.37. The summed E-state index contributed by atoms with van der Waals surface area (Å²) in [6.45, 7) is 2.70. The Morgan fingerprint density at radius 1 is 0.907 bits per heavy atom. The normalized spacial score (nSPS) is 16.4. The van der Waals surface area contributed by atoms with Crippen LogP contribution in [0.3, 0.4) is 0 Å². The number of H-pyrrole nitrogens is 1. The van der Waals surface area contributed by atoms with Crippen LogP contribution >= 0.6 is 0 Å². The minimum Gasteiger partial charge on any atom is -0.361 e. The van der Waals surface area contributed by atoms with Gasteiger partial charge in [-0.2, -0.15) is 26.3 Å². The standard InChI is InChI=1S/C31H28F6N4O2/c1-19(42)39-25-8-6-20(7-9-25)17-40-10-11-41(26(18-40)14-22-16-38-28-5-3-2-4-27(22)28)29(43)21-12-23(30(32,33)34)15-24(13-21)31(35,36)37/h2-9,12-13,15-16,26,38H,10-11,14,17-18H2,1H3,(H,39,42)/t26-/m1/s1. The number of nitrogens with zero attached hydrogens (tertiary/aromatic N) is 2. The highest BCUT2D eigenvalue weighted by Gasteiger charge is 2.39. The average molecular weight is 603 g/mol. The van der Waals surface area contributed by atoms with Crippen molar-refractivity contribution in [3.8, 4) is 0 Å². The zero-order valence-electron chi connectivity index (χ0n) is 23.0. The molecule has 2 amide bonds. The number of hydrogen-bond donors (Lipinski definition) is 2. The Balaban J connectivity index is 1.44. The number of carbonyl (C=O) groups excluding carboxylic acids is 2. The zero-order valence-corrected chi connectivity index (χ0v) is 23.0.